The first-order valence-electron chi connectivity index (χ1n) is 8.28. The van der Waals surface area contributed by atoms with Crippen LogP contribution in [0.4, 0.5) is 4.39 Å². The van der Waals surface area contributed by atoms with Crippen LogP contribution in [0, 0.1) is 5.82 Å². The summed E-state index contributed by atoms with van der Waals surface area (Å²) in [6.07, 6.45) is 3.79. The van der Waals surface area contributed by atoms with Gasteiger partial charge in [-0.05, 0) is 29.3 Å². The second kappa shape index (κ2) is 6.44. The minimum absolute atomic E-state index is 0.133. The molecule has 0 radical (unpaired) electrons. The predicted molar refractivity (Wildman–Crippen MR) is 92.9 cm³/mol. The number of carbonyl (C=O) groups excluding carboxylic acids is 1. The van der Waals surface area contributed by atoms with Gasteiger partial charge in [0, 0.05) is 19.7 Å². The summed E-state index contributed by atoms with van der Waals surface area (Å²) in [5.41, 5.74) is 0.945. The fraction of sp³-hybridized carbons (Fsp3) is 0.222. The number of carbonyl (C=O) groups is 1. The fourth-order valence-corrected chi connectivity index (χ4v) is 3.27. The highest BCUT2D eigenvalue weighted by Gasteiger charge is 2.33. The Morgan fingerprint density at radius 3 is 2.89 bits per heavy atom. The molecule has 0 aliphatic heterocycles. The minimum Gasteiger partial charge on any atom is -0.390 e. The lowest BCUT2D eigenvalue weighted by molar-refractivity contribution is 0.0856. The molecule has 0 bridgehead atoms. The maximum Gasteiger partial charge on any atom is 0.284 e. The van der Waals surface area contributed by atoms with E-state index in [1.807, 2.05) is 0 Å². The molecule has 27 heavy (non-hydrogen) atoms. The standard InChI is InChI=1S/C18H16FN5O3/c1-23-9-12(8-21-23)24-18(27)13(4-5-20-24)17(26)22-16-14-7-11(19)3-2-10(14)6-15(16)25/h2-5,7-9,15-16,25H,6H2,1H3,(H,22,26)/t15-,16+/m0/s1. The lowest BCUT2D eigenvalue weighted by Crippen LogP contribution is -2.38. The Bertz CT molecular complexity index is 1090. The molecule has 0 saturated carbocycles. The summed E-state index contributed by atoms with van der Waals surface area (Å²) in [5, 5.41) is 20.8. The molecule has 1 aliphatic rings. The number of aliphatic hydroxyl groups is 1. The molecule has 3 aromatic rings. The van der Waals surface area contributed by atoms with Gasteiger partial charge in [0.2, 0.25) is 0 Å². The lowest BCUT2D eigenvalue weighted by atomic mass is 10.1. The van der Waals surface area contributed by atoms with Crippen molar-refractivity contribution in [2.75, 3.05) is 0 Å². The largest absolute Gasteiger partial charge is 0.390 e. The number of hydrogen-bond acceptors (Lipinski definition) is 5. The number of nitrogens with one attached hydrogen (secondary N) is 1. The van der Waals surface area contributed by atoms with E-state index in [2.05, 4.69) is 15.5 Å². The molecule has 138 valence electrons. The van der Waals surface area contributed by atoms with E-state index in [1.165, 1.54) is 35.3 Å². The predicted octanol–water partition coefficient (Wildman–Crippen LogP) is 0.493. The van der Waals surface area contributed by atoms with Crippen LogP contribution in [0.15, 0.2) is 47.7 Å². The zero-order valence-corrected chi connectivity index (χ0v) is 14.3. The Hall–Kier alpha value is -3.33. The quantitative estimate of drug-likeness (QED) is 0.700. The summed E-state index contributed by atoms with van der Waals surface area (Å²) >= 11 is 0. The van der Waals surface area contributed by atoms with Gasteiger partial charge in [-0.3, -0.25) is 14.3 Å². The SMILES string of the molecule is Cn1cc(-n2nccc(C(=O)N[C@@H]3c4cc(F)ccc4C[C@@H]3O)c2=O)cn1. The van der Waals surface area contributed by atoms with Crippen LogP contribution in [0.25, 0.3) is 5.69 Å². The average molecular weight is 369 g/mol. The summed E-state index contributed by atoms with van der Waals surface area (Å²) in [6, 6.07) is 4.70. The first-order chi connectivity index (χ1) is 12.9. The normalized spacial score (nSPS) is 18.3. The first kappa shape index (κ1) is 17.1. The minimum atomic E-state index is -0.895. The summed E-state index contributed by atoms with van der Waals surface area (Å²) in [6.45, 7) is 0. The second-order valence-electron chi connectivity index (χ2n) is 6.40. The summed E-state index contributed by atoms with van der Waals surface area (Å²) in [7, 11) is 1.70. The van der Waals surface area contributed by atoms with E-state index in [9.17, 15) is 19.1 Å². The molecule has 2 aromatic heterocycles. The van der Waals surface area contributed by atoms with E-state index in [0.29, 0.717) is 17.7 Å². The van der Waals surface area contributed by atoms with Crippen molar-refractivity contribution in [3.63, 3.8) is 0 Å². The van der Waals surface area contributed by atoms with E-state index < -0.39 is 29.4 Å². The van der Waals surface area contributed by atoms with Crippen LogP contribution in [0.3, 0.4) is 0 Å². The van der Waals surface area contributed by atoms with E-state index >= 15 is 0 Å². The molecule has 0 unspecified atom stereocenters. The number of halogens is 1. The van der Waals surface area contributed by atoms with Crippen LogP contribution >= 0.6 is 0 Å². The highest BCUT2D eigenvalue weighted by atomic mass is 19.1. The van der Waals surface area contributed by atoms with E-state index in [1.54, 1.807) is 19.3 Å². The maximum absolute atomic E-state index is 13.6. The Balaban J connectivity index is 1.65. The highest BCUT2D eigenvalue weighted by Crippen LogP contribution is 2.32. The lowest BCUT2D eigenvalue weighted by Gasteiger charge is -2.18. The van der Waals surface area contributed by atoms with Crippen LogP contribution in [-0.4, -0.2) is 36.7 Å². The van der Waals surface area contributed by atoms with E-state index in [0.717, 1.165) is 10.2 Å². The van der Waals surface area contributed by atoms with Gasteiger partial charge in [-0.2, -0.15) is 14.9 Å². The van der Waals surface area contributed by atoms with Gasteiger partial charge in [-0.15, -0.1) is 0 Å². The van der Waals surface area contributed by atoms with Gasteiger partial charge < -0.3 is 10.4 Å². The molecule has 9 heteroatoms. The molecule has 1 aromatic carbocycles. The van der Waals surface area contributed by atoms with Gasteiger partial charge in [-0.1, -0.05) is 6.07 Å². The van der Waals surface area contributed by atoms with Crippen LogP contribution in [0.1, 0.15) is 27.5 Å². The van der Waals surface area contributed by atoms with Crippen molar-refractivity contribution in [3.05, 3.63) is 75.7 Å². The first-order valence-corrected chi connectivity index (χ1v) is 8.28. The third kappa shape index (κ3) is 3.02. The number of hydrogen-bond donors (Lipinski definition) is 2. The third-order valence-corrected chi connectivity index (χ3v) is 4.57. The van der Waals surface area contributed by atoms with Crippen molar-refractivity contribution in [1.82, 2.24) is 24.9 Å². The van der Waals surface area contributed by atoms with Crippen molar-refractivity contribution in [3.8, 4) is 5.69 Å². The van der Waals surface area contributed by atoms with Crippen molar-refractivity contribution in [2.45, 2.75) is 18.6 Å². The highest BCUT2D eigenvalue weighted by molar-refractivity contribution is 5.94. The van der Waals surface area contributed by atoms with Crippen molar-refractivity contribution < 1.29 is 14.3 Å². The summed E-state index contributed by atoms with van der Waals surface area (Å²) < 4.78 is 16.1. The number of fused-ring (bicyclic) bond motifs is 1. The van der Waals surface area contributed by atoms with Gasteiger partial charge in [0.1, 0.15) is 17.1 Å². The van der Waals surface area contributed by atoms with Gasteiger partial charge in [0.05, 0.1) is 24.5 Å². The molecule has 0 spiro atoms. The van der Waals surface area contributed by atoms with Crippen LogP contribution < -0.4 is 10.9 Å². The molecule has 2 heterocycles. The van der Waals surface area contributed by atoms with Gasteiger partial charge >= 0.3 is 0 Å². The fourth-order valence-electron chi connectivity index (χ4n) is 3.27. The average Bonchev–Trinajstić information content (AvgIpc) is 3.19. The summed E-state index contributed by atoms with van der Waals surface area (Å²) in [4.78, 5) is 25.3. The molecule has 8 nitrogen and oxygen atoms in total. The number of amides is 1. The van der Waals surface area contributed by atoms with E-state index in [-0.39, 0.29) is 5.56 Å². The van der Waals surface area contributed by atoms with E-state index in [4.69, 9.17) is 0 Å². The number of benzene rings is 1. The zero-order chi connectivity index (χ0) is 19.1. The van der Waals surface area contributed by atoms with Crippen LogP contribution in [-0.2, 0) is 13.5 Å². The number of aromatic nitrogens is 4. The van der Waals surface area contributed by atoms with Crippen molar-refractivity contribution in [1.29, 1.82) is 0 Å². The topological polar surface area (TPSA) is 102 Å². The van der Waals surface area contributed by atoms with Crippen LogP contribution in [0.2, 0.25) is 0 Å². The molecule has 0 fully saturated rings. The molecule has 1 amide bonds. The second-order valence-corrected chi connectivity index (χ2v) is 6.40. The number of rotatable bonds is 3. The monoisotopic (exact) mass is 369 g/mol. The van der Waals surface area contributed by atoms with Gasteiger partial charge in [-0.25, -0.2) is 4.39 Å². The van der Waals surface area contributed by atoms with Gasteiger partial charge in [0.25, 0.3) is 11.5 Å². The van der Waals surface area contributed by atoms with Crippen molar-refractivity contribution in [2.24, 2.45) is 7.05 Å². The molecular weight excluding hydrogens is 353 g/mol. The molecule has 0 saturated heterocycles. The molecule has 4 rings (SSSR count). The van der Waals surface area contributed by atoms with Gasteiger partial charge in [0.15, 0.2) is 0 Å². The maximum atomic E-state index is 13.6. The number of nitrogens with zero attached hydrogens (tertiary/aromatic N) is 4. The Morgan fingerprint density at radius 2 is 2.15 bits per heavy atom. The molecule has 1 aliphatic carbocycles. The van der Waals surface area contributed by atoms with Crippen LogP contribution in [0.5, 0.6) is 0 Å². The third-order valence-electron chi connectivity index (χ3n) is 4.57. The molecule has 2 N–H and O–H groups in total. The zero-order valence-electron chi connectivity index (χ0n) is 14.3. The van der Waals surface area contributed by atoms with Crippen molar-refractivity contribution >= 4 is 5.91 Å². The Labute approximate surface area is 152 Å². The Kier molecular flexibility index (Phi) is 4.08. The molecular formula is C18H16FN5O3. The molecule has 2 atom stereocenters. The Morgan fingerprint density at radius 1 is 1.33 bits per heavy atom. The number of aryl methyl sites for hydroxylation is 1. The number of aliphatic hydroxyl groups excluding tert-OH is 1. The summed E-state index contributed by atoms with van der Waals surface area (Å²) in [5.74, 6) is -1.12. The smallest absolute Gasteiger partial charge is 0.284 e.